The molecule has 0 unspecified atom stereocenters. The summed E-state index contributed by atoms with van der Waals surface area (Å²) in [6.07, 6.45) is 0. The normalized spacial score (nSPS) is 16.7. The van der Waals surface area contributed by atoms with Gasteiger partial charge in [0.05, 0.1) is 31.2 Å². The fourth-order valence-corrected chi connectivity index (χ4v) is 1.91. The smallest absolute Gasteiger partial charge is 0.0702 e. The Kier molecular flexibility index (Phi) is 3.08. The number of aliphatic hydroxyl groups is 1. The van der Waals surface area contributed by atoms with Gasteiger partial charge in [-0.25, -0.2) is 0 Å². The first kappa shape index (κ1) is 10.3. The molecule has 2 rings (SSSR count). The van der Waals surface area contributed by atoms with E-state index in [1.54, 1.807) is 0 Å². The van der Waals surface area contributed by atoms with Crippen molar-refractivity contribution in [2.75, 3.05) is 36.9 Å². The number of benzene rings is 1. The minimum absolute atomic E-state index is 0.0255. The quantitative estimate of drug-likeness (QED) is 0.699. The minimum Gasteiger partial charge on any atom is -0.397 e. The number of rotatable bonds is 2. The fraction of sp³-hybridized carbons (Fsp3) is 0.455. The van der Waals surface area contributed by atoms with Gasteiger partial charge in [-0.05, 0) is 6.07 Å². The first-order chi connectivity index (χ1) is 7.33. The van der Waals surface area contributed by atoms with Gasteiger partial charge in [0.15, 0.2) is 0 Å². The first-order valence-corrected chi connectivity index (χ1v) is 5.14. The molecule has 0 saturated carbocycles. The lowest BCUT2D eigenvalue weighted by Gasteiger charge is -2.31. The maximum absolute atomic E-state index is 9.26. The average Bonchev–Trinajstić information content (AvgIpc) is 2.29. The summed E-state index contributed by atoms with van der Waals surface area (Å²) < 4.78 is 5.29. The van der Waals surface area contributed by atoms with Crippen molar-refractivity contribution in [3.63, 3.8) is 0 Å². The summed E-state index contributed by atoms with van der Waals surface area (Å²) in [6, 6.07) is 5.63. The molecule has 0 radical (unpaired) electrons. The predicted octanol–water partition coefficient (Wildman–Crippen LogP) is 0.598. The summed E-state index contributed by atoms with van der Waals surface area (Å²) in [5.74, 6) is 0. The van der Waals surface area contributed by atoms with E-state index in [2.05, 4.69) is 4.90 Å². The van der Waals surface area contributed by atoms with E-state index < -0.39 is 0 Å². The van der Waals surface area contributed by atoms with Crippen LogP contribution in [-0.4, -0.2) is 31.4 Å². The molecule has 82 valence electrons. The zero-order chi connectivity index (χ0) is 10.7. The monoisotopic (exact) mass is 208 g/mol. The van der Waals surface area contributed by atoms with Crippen molar-refractivity contribution in [3.8, 4) is 0 Å². The molecule has 1 heterocycles. The van der Waals surface area contributed by atoms with Gasteiger partial charge in [-0.2, -0.15) is 0 Å². The van der Waals surface area contributed by atoms with Crippen molar-refractivity contribution in [3.05, 3.63) is 23.8 Å². The van der Waals surface area contributed by atoms with Crippen LogP contribution in [0, 0.1) is 0 Å². The number of morpholine rings is 1. The van der Waals surface area contributed by atoms with Crippen molar-refractivity contribution < 1.29 is 9.84 Å². The van der Waals surface area contributed by atoms with Gasteiger partial charge >= 0.3 is 0 Å². The maximum Gasteiger partial charge on any atom is 0.0702 e. The molecule has 4 heteroatoms. The molecule has 1 aromatic rings. The molecule has 1 aliphatic rings. The Morgan fingerprint density at radius 3 is 2.73 bits per heavy atom. The van der Waals surface area contributed by atoms with Crippen LogP contribution in [-0.2, 0) is 11.3 Å². The number of aliphatic hydroxyl groups excluding tert-OH is 1. The van der Waals surface area contributed by atoms with Crippen molar-refractivity contribution in [2.24, 2.45) is 0 Å². The SMILES string of the molecule is Nc1cccc(CO)c1N1CCOCC1. The van der Waals surface area contributed by atoms with Gasteiger partial charge in [0.1, 0.15) is 0 Å². The van der Waals surface area contributed by atoms with Crippen LogP contribution in [0.15, 0.2) is 18.2 Å². The number of anilines is 2. The maximum atomic E-state index is 9.26. The van der Waals surface area contributed by atoms with Crippen LogP contribution in [0.1, 0.15) is 5.56 Å². The fourth-order valence-electron chi connectivity index (χ4n) is 1.91. The lowest BCUT2D eigenvalue weighted by Crippen LogP contribution is -2.37. The minimum atomic E-state index is 0.0255. The third-order valence-corrected chi connectivity index (χ3v) is 2.65. The summed E-state index contributed by atoms with van der Waals surface area (Å²) in [7, 11) is 0. The Balaban J connectivity index is 2.31. The molecular weight excluding hydrogens is 192 g/mol. The summed E-state index contributed by atoms with van der Waals surface area (Å²) in [5.41, 5.74) is 8.51. The van der Waals surface area contributed by atoms with E-state index in [4.69, 9.17) is 10.5 Å². The summed E-state index contributed by atoms with van der Waals surface area (Å²) >= 11 is 0. The molecule has 1 saturated heterocycles. The van der Waals surface area contributed by atoms with Gasteiger partial charge in [-0.3, -0.25) is 0 Å². The van der Waals surface area contributed by atoms with Gasteiger partial charge in [0, 0.05) is 18.7 Å². The Labute approximate surface area is 89.3 Å². The lowest BCUT2D eigenvalue weighted by molar-refractivity contribution is 0.122. The van der Waals surface area contributed by atoms with Gasteiger partial charge in [0.25, 0.3) is 0 Å². The molecular formula is C11H16N2O2. The van der Waals surface area contributed by atoms with Crippen LogP contribution in [0.5, 0.6) is 0 Å². The van der Waals surface area contributed by atoms with E-state index in [9.17, 15) is 5.11 Å². The molecule has 1 aliphatic heterocycles. The number of hydrogen-bond acceptors (Lipinski definition) is 4. The van der Waals surface area contributed by atoms with Crippen LogP contribution in [0.4, 0.5) is 11.4 Å². The predicted molar refractivity (Wildman–Crippen MR) is 59.8 cm³/mol. The molecule has 3 N–H and O–H groups in total. The Morgan fingerprint density at radius 2 is 2.07 bits per heavy atom. The molecule has 0 amide bonds. The number of nitrogens with two attached hydrogens (primary N) is 1. The standard InChI is InChI=1S/C11H16N2O2/c12-10-3-1-2-9(8-14)11(10)13-4-6-15-7-5-13/h1-3,14H,4-8,12H2. The molecule has 4 nitrogen and oxygen atoms in total. The molecule has 0 spiro atoms. The summed E-state index contributed by atoms with van der Waals surface area (Å²) in [5, 5.41) is 9.26. The van der Waals surface area contributed by atoms with E-state index in [0.717, 1.165) is 43.2 Å². The van der Waals surface area contributed by atoms with Crippen LogP contribution < -0.4 is 10.6 Å². The zero-order valence-corrected chi connectivity index (χ0v) is 8.65. The zero-order valence-electron chi connectivity index (χ0n) is 8.65. The number of ether oxygens (including phenoxy) is 1. The van der Waals surface area contributed by atoms with Crippen LogP contribution in [0.2, 0.25) is 0 Å². The van der Waals surface area contributed by atoms with Crippen molar-refractivity contribution in [1.29, 1.82) is 0 Å². The third kappa shape index (κ3) is 2.06. The van der Waals surface area contributed by atoms with Crippen molar-refractivity contribution in [2.45, 2.75) is 6.61 Å². The highest BCUT2D eigenvalue weighted by Crippen LogP contribution is 2.28. The lowest BCUT2D eigenvalue weighted by atomic mass is 10.1. The Morgan fingerprint density at radius 1 is 1.33 bits per heavy atom. The van der Waals surface area contributed by atoms with Crippen LogP contribution in [0.3, 0.4) is 0 Å². The van der Waals surface area contributed by atoms with Crippen molar-refractivity contribution in [1.82, 2.24) is 0 Å². The van der Waals surface area contributed by atoms with Crippen molar-refractivity contribution >= 4 is 11.4 Å². The second kappa shape index (κ2) is 4.51. The number of para-hydroxylation sites is 1. The van der Waals surface area contributed by atoms with Crippen LogP contribution in [0.25, 0.3) is 0 Å². The molecule has 1 fully saturated rings. The van der Waals surface area contributed by atoms with Gasteiger partial charge in [0.2, 0.25) is 0 Å². The first-order valence-electron chi connectivity index (χ1n) is 5.14. The van der Waals surface area contributed by atoms with Gasteiger partial charge in [-0.15, -0.1) is 0 Å². The highest BCUT2D eigenvalue weighted by Gasteiger charge is 2.16. The van der Waals surface area contributed by atoms with E-state index in [1.807, 2.05) is 18.2 Å². The Bertz CT molecular complexity index is 335. The third-order valence-electron chi connectivity index (χ3n) is 2.65. The highest BCUT2D eigenvalue weighted by atomic mass is 16.5. The number of nitrogen functional groups attached to an aromatic ring is 1. The molecule has 0 atom stereocenters. The average molecular weight is 208 g/mol. The number of hydrogen-bond donors (Lipinski definition) is 2. The second-order valence-electron chi connectivity index (χ2n) is 3.61. The number of nitrogens with zero attached hydrogens (tertiary/aromatic N) is 1. The molecule has 0 aliphatic carbocycles. The van der Waals surface area contributed by atoms with Gasteiger partial charge in [-0.1, -0.05) is 12.1 Å². The van der Waals surface area contributed by atoms with Crippen LogP contribution >= 0.6 is 0 Å². The molecule has 1 aromatic carbocycles. The second-order valence-corrected chi connectivity index (χ2v) is 3.61. The summed E-state index contributed by atoms with van der Waals surface area (Å²) in [4.78, 5) is 2.17. The molecule has 15 heavy (non-hydrogen) atoms. The largest absolute Gasteiger partial charge is 0.397 e. The summed E-state index contributed by atoms with van der Waals surface area (Å²) in [6.45, 7) is 3.14. The molecule has 0 aromatic heterocycles. The highest BCUT2D eigenvalue weighted by molar-refractivity contribution is 5.71. The molecule has 0 bridgehead atoms. The van der Waals surface area contributed by atoms with E-state index in [-0.39, 0.29) is 6.61 Å². The van der Waals surface area contributed by atoms with Gasteiger partial charge < -0.3 is 20.5 Å². The topological polar surface area (TPSA) is 58.7 Å². The van der Waals surface area contributed by atoms with E-state index >= 15 is 0 Å². The van der Waals surface area contributed by atoms with E-state index in [0.29, 0.717) is 0 Å². The van der Waals surface area contributed by atoms with E-state index in [1.165, 1.54) is 0 Å². The Hall–Kier alpha value is -1.26.